The standard InChI is InChI=1S/C12H21NOS/c1-10(8-12(2,3)14-4)13-9-11-6-5-7-15-11/h5-7,10,13H,8-9H2,1-4H3/t10-/m1/s1. The fourth-order valence-corrected chi connectivity index (χ4v) is 2.24. The van der Waals surface area contributed by atoms with Crippen LogP contribution in [0.5, 0.6) is 0 Å². The number of rotatable bonds is 6. The van der Waals surface area contributed by atoms with E-state index in [2.05, 4.69) is 43.6 Å². The Morgan fingerprint density at radius 3 is 2.80 bits per heavy atom. The van der Waals surface area contributed by atoms with Crippen LogP contribution in [0.25, 0.3) is 0 Å². The minimum Gasteiger partial charge on any atom is -0.379 e. The fraction of sp³-hybridized carbons (Fsp3) is 0.667. The van der Waals surface area contributed by atoms with Crippen LogP contribution in [0.1, 0.15) is 32.1 Å². The molecule has 3 heteroatoms. The van der Waals surface area contributed by atoms with Crippen LogP contribution in [0.3, 0.4) is 0 Å². The molecule has 0 aliphatic heterocycles. The molecule has 1 N–H and O–H groups in total. The summed E-state index contributed by atoms with van der Waals surface area (Å²) in [6.45, 7) is 7.40. The van der Waals surface area contributed by atoms with Gasteiger partial charge in [0.2, 0.25) is 0 Å². The van der Waals surface area contributed by atoms with Crippen LogP contribution in [0.15, 0.2) is 17.5 Å². The summed E-state index contributed by atoms with van der Waals surface area (Å²) in [6.07, 6.45) is 1.02. The van der Waals surface area contributed by atoms with Crippen molar-refractivity contribution in [2.24, 2.45) is 0 Å². The maximum absolute atomic E-state index is 5.41. The Balaban J connectivity index is 2.27. The highest BCUT2D eigenvalue weighted by Crippen LogP contribution is 2.16. The molecule has 0 radical (unpaired) electrons. The van der Waals surface area contributed by atoms with E-state index in [1.54, 1.807) is 18.4 Å². The molecule has 0 bridgehead atoms. The van der Waals surface area contributed by atoms with E-state index in [0.717, 1.165) is 13.0 Å². The lowest BCUT2D eigenvalue weighted by molar-refractivity contribution is 0.00847. The van der Waals surface area contributed by atoms with Crippen molar-refractivity contribution in [2.45, 2.75) is 45.4 Å². The highest BCUT2D eigenvalue weighted by atomic mass is 32.1. The Labute approximate surface area is 96.7 Å². The first-order valence-corrected chi connectivity index (χ1v) is 6.22. The maximum Gasteiger partial charge on any atom is 0.0637 e. The van der Waals surface area contributed by atoms with Gasteiger partial charge in [0.05, 0.1) is 5.60 Å². The van der Waals surface area contributed by atoms with Crippen LogP contribution in [-0.4, -0.2) is 18.8 Å². The lowest BCUT2D eigenvalue weighted by atomic mass is 10.00. The first kappa shape index (κ1) is 12.7. The van der Waals surface area contributed by atoms with E-state index in [9.17, 15) is 0 Å². The molecule has 0 fully saturated rings. The van der Waals surface area contributed by atoms with Crippen molar-refractivity contribution in [1.82, 2.24) is 5.32 Å². The van der Waals surface area contributed by atoms with Gasteiger partial charge < -0.3 is 10.1 Å². The van der Waals surface area contributed by atoms with Gasteiger partial charge in [0.25, 0.3) is 0 Å². The molecule has 2 nitrogen and oxygen atoms in total. The van der Waals surface area contributed by atoms with Crippen molar-refractivity contribution >= 4 is 11.3 Å². The van der Waals surface area contributed by atoms with Gasteiger partial charge in [-0.15, -0.1) is 11.3 Å². The molecule has 0 amide bonds. The number of methoxy groups -OCH3 is 1. The summed E-state index contributed by atoms with van der Waals surface area (Å²) in [6, 6.07) is 4.72. The molecule has 0 aliphatic carbocycles. The van der Waals surface area contributed by atoms with E-state index in [4.69, 9.17) is 4.74 Å². The lowest BCUT2D eigenvalue weighted by Crippen LogP contribution is -2.35. The number of hydrogen-bond donors (Lipinski definition) is 1. The molecule has 1 aromatic rings. The predicted octanol–water partition coefficient (Wildman–Crippen LogP) is 3.04. The third kappa shape index (κ3) is 4.78. The third-order valence-corrected chi connectivity index (χ3v) is 3.43. The van der Waals surface area contributed by atoms with Gasteiger partial charge in [0.1, 0.15) is 0 Å². The summed E-state index contributed by atoms with van der Waals surface area (Å²) >= 11 is 1.79. The zero-order chi connectivity index (χ0) is 11.3. The van der Waals surface area contributed by atoms with Crippen LogP contribution >= 0.6 is 11.3 Å². The van der Waals surface area contributed by atoms with Crippen molar-refractivity contribution in [1.29, 1.82) is 0 Å². The van der Waals surface area contributed by atoms with Crippen molar-refractivity contribution in [2.75, 3.05) is 7.11 Å². The van der Waals surface area contributed by atoms with E-state index in [1.807, 2.05) is 0 Å². The van der Waals surface area contributed by atoms with Gasteiger partial charge in [-0.3, -0.25) is 0 Å². The zero-order valence-electron chi connectivity index (χ0n) is 10.0. The van der Waals surface area contributed by atoms with Gasteiger partial charge in [-0.2, -0.15) is 0 Å². The molecule has 0 unspecified atom stereocenters. The summed E-state index contributed by atoms with van der Waals surface area (Å²) in [4.78, 5) is 1.39. The van der Waals surface area contributed by atoms with Crippen LogP contribution in [-0.2, 0) is 11.3 Å². The Morgan fingerprint density at radius 1 is 1.53 bits per heavy atom. The zero-order valence-corrected chi connectivity index (χ0v) is 10.9. The summed E-state index contributed by atoms with van der Waals surface area (Å²) in [5.41, 5.74) is -0.0398. The second kappa shape index (κ2) is 5.64. The van der Waals surface area contributed by atoms with E-state index in [-0.39, 0.29) is 5.60 Å². The second-order valence-corrected chi connectivity index (χ2v) is 5.56. The van der Waals surface area contributed by atoms with Crippen LogP contribution in [0.2, 0.25) is 0 Å². The van der Waals surface area contributed by atoms with E-state index in [1.165, 1.54) is 4.88 Å². The normalized spacial score (nSPS) is 14.1. The lowest BCUT2D eigenvalue weighted by Gasteiger charge is -2.27. The summed E-state index contributed by atoms with van der Waals surface area (Å²) in [5, 5.41) is 5.62. The van der Waals surface area contributed by atoms with Crippen molar-refractivity contribution in [3.63, 3.8) is 0 Å². The second-order valence-electron chi connectivity index (χ2n) is 4.53. The Kier molecular flexibility index (Phi) is 4.77. The smallest absolute Gasteiger partial charge is 0.0637 e. The van der Waals surface area contributed by atoms with Crippen molar-refractivity contribution in [3.8, 4) is 0 Å². The Bertz CT molecular complexity index is 269. The summed E-state index contributed by atoms with van der Waals surface area (Å²) < 4.78 is 5.41. The van der Waals surface area contributed by atoms with Gasteiger partial charge in [0.15, 0.2) is 0 Å². The van der Waals surface area contributed by atoms with Gasteiger partial charge in [0, 0.05) is 24.6 Å². The average Bonchev–Trinajstić information content (AvgIpc) is 2.66. The monoisotopic (exact) mass is 227 g/mol. The Hall–Kier alpha value is -0.380. The molecular formula is C12H21NOS. The molecule has 0 aliphatic rings. The third-order valence-electron chi connectivity index (χ3n) is 2.56. The first-order valence-electron chi connectivity index (χ1n) is 5.34. The van der Waals surface area contributed by atoms with E-state index in [0.29, 0.717) is 6.04 Å². The molecule has 0 aromatic carbocycles. The number of ether oxygens (including phenoxy) is 1. The topological polar surface area (TPSA) is 21.3 Å². The highest BCUT2D eigenvalue weighted by molar-refractivity contribution is 7.09. The number of nitrogens with one attached hydrogen (secondary N) is 1. The van der Waals surface area contributed by atoms with Crippen LogP contribution in [0.4, 0.5) is 0 Å². The van der Waals surface area contributed by atoms with E-state index >= 15 is 0 Å². The molecule has 15 heavy (non-hydrogen) atoms. The predicted molar refractivity (Wildman–Crippen MR) is 66.3 cm³/mol. The summed E-state index contributed by atoms with van der Waals surface area (Å²) in [7, 11) is 1.77. The molecule has 1 atom stereocenters. The minimum absolute atomic E-state index is 0.0398. The van der Waals surface area contributed by atoms with Gasteiger partial charge in [-0.1, -0.05) is 6.07 Å². The summed E-state index contributed by atoms with van der Waals surface area (Å²) in [5.74, 6) is 0. The largest absolute Gasteiger partial charge is 0.379 e. The molecule has 1 heterocycles. The first-order chi connectivity index (χ1) is 7.03. The van der Waals surface area contributed by atoms with Crippen molar-refractivity contribution in [3.05, 3.63) is 22.4 Å². The van der Waals surface area contributed by atoms with Crippen molar-refractivity contribution < 1.29 is 4.74 Å². The van der Waals surface area contributed by atoms with Crippen LogP contribution < -0.4 is 5.32 Å². The molecular weight excluding hydrogens is 206 g/mol. The van der Waals surface area contributed by atoms with E-state index < -0.39 is 0 Å². The molecule has 86 valence electrons. The number of hydrogen-bond acceptors (Lipinski definition) is 3. The highest BCUT2D eigenvalue weighted by Gasteiger charge is 2.19. The molecule has 1 rings (SSSR count). The quantitative estimate of drug-likeness (QED) is 0.806. The van der Waals surface area contributed by atoms with Gasteiger partial charge in [-0.25, -0.2) is 0 Å². The molecule has 1 aromatic heterocycles. The fourth-order valence-electron chi connectivity index (χ4n) is 1.58. The minimum atomic E-state index is -0.0398. The van der Waals surface area contributed by atoms with Crippen LogP contribution in [0, 0.1) is 0 Å². The van der Waals surface area contributed by atoms with Gasteiger partial charge in [-0.05, 0) is 38.6 Å². The SMILES string of the molecule is COC(C)(C)C[C@@H](C)NCc1cccs1. The molecule has 0 spiro atoms. The Morgan fingerprint density at radius 2 is 2.27 bits per heavy atom. The number of thiophene rings is 1. The maximum atomic E-state index is 5.41. The van der Waals surface area contributed by atoms with Gasteiger partial charge >= 0.3 is 0 Å². The average molecular weight is 227 g/mol. The molecule has 0 saturated carbocycles. The molecule has 0 saturated heterocycles.